The average molecular weight is 239 g/mol. The van der Waals surface area contributed by atoms with E-state index >= 15 is 0 Å². The second-order valence-corrected chi connectivity index (χ2v) is 4.84. The molecule has 1 aliphatic heterocycles. The highest BCUT2D eigenvalue weighted by Gasteiger charge is 2.50. The molecule has 1 aromatic carbocycles. The highest BCUT2D eigenvalue weighted by Crippen LogP contribution is 2.45. The largest absolute Gasteiger partial charge is 0.385 e. The summed E-state index contributed by atoms with van der Waals surface area (Å²) in [4.78, 5) is 0. The van der Waals surface area contributed by atoms with Gasteiger partial charge in [-0.25, -0.2) is 4.39 Å². The van der Waals surface area contributed by atoms with Gasteiger partial charge in [0.05, 0.1) is 12.2 Å². The van der Waals surface area contributed by atoms with E-state index in [9.17, 15) is 9.50 Å². The van der Waals surface area contributed by atoms with Crippen LogP contribution in [0.2, 0.25) is 0 Å². The molecule has 0 aliphatic carbocycles. The Labute approximate surface area is 100 Å². The maximum Gasteiger partial charge on any atom is 0.129 e. The summed E-state index contributed by atoms with van der Waals surface area (Å²) < 4.78 is 19.1. The maximum atomic E-state index is 13.8. The molecule has 0 saturated carbocycles. The normalized spacial score (nSPS) is 28.0. The van der Waals surface area contributed by atoms with Crippen molar-refractivity contribution in [3.63, 3.8) is 0 Å². The molecule has 2 unspecified atom stereocenters. The minimum absolute atomic E-state index is 0.272. The molecule has 0 spiro atoms. The first-order valence-electron chi connectivity index (χ1n) is 5.79. The first kappa shape index (κ1) is 12.5. The number of ether oxygens (including phenoxy) is 1. The van der Waals surface area contributed by atoms with Crippen LogP contribution in [0.25, 0.3) is 0 Å². The van der Waals surface area contributed by atoms with Crippen molar-refractivity contribution in [2.24, 2.45) is 11.1 Å². The van der Waals surface area contributed by atoms with Crippen molar-refractivity contribution in [1.82, 2.24) is 0 Å². The van der Waals surface area contributed by atoms with E-state index in [1.807, 2.05) is 0 Å². The Bertz CT molecular complexity index is 400. The molecule has 3 N–H and O–H groups in total. The number of nitrogens with two attached hydrogens (primary N) is 1. The van der Waals surface area contributed by atoms with Crippen molar-refractivity contribution in [2.75, 3.05) is 19.8 Å². The van der Waals surface area contributed by atoms with Crippen LogP contribution < -0.4 is 5.73 Å². The molecule has 0 radical (unpaired) electrons. The zero-order valence-electron chi connectivity index (χ0n) is 9.95. The van der Waals surface area contributed by atoms with E-state index in [2.05, 4.69) is 0 Å². The quantitative estimate of drug-likeness (QED) is 0.838. The summed E-state index contributed by atoms with van der Waals surface area (Å²) in [7, 11) is 0. The molecule has 1 aliphatic rings. The second kappa shape index (κ2) is 4.37. The van der Waals surface area contributed by atoms with Gasteiger partial charge in [-0.15, -0.1) is 0 Å². The summed E-state index contributed by atoms with van der Waals surface area (Å²) in [6.45, 7) is 2.81. The molecule has 1 heterocycles. The zero-order chi connectivity index (χ0) is 12.5. The lowest BCUT2D eigenvalue weighted by atomic mass is 9.68. The van der Waals surface area contributed by atoms with E-state index < -0.39 is 16.8 Å². The second-order valence-electron chi connectivity index (χ2n) is 4.84. The Morgan fingerprint density at radius 2 is 2.24 bits per heavy atom. The van der Waals surface area contributed by atoms with Crippen LogP contribution in [0.1, 0.15) is 18.9 Å². The van der Waals surface area contributed by atoms with Gasteiger partial charge in [0.15, 0.2) is 0 Å². The number of aliphatic hydroxyl groups is 1. The molecule has 17 heavy (non-hydrogen) atoms. The van der Waals surface area contributed by atoms with Gasteiger partial charge >= 0.3 is 0 Å². The minimum Gasteiger partial charge on any atom is -0.385 e. The van der Waals surface area contributed by atoms with Crippen molar-refractivity contribution >= 4 is 0 Å². The van der Waals surface area contributed by atoms with Crippen LogP contribution in [0, 0.1) is 11.2 Å². The lowest BCUT2D eigenvalue weighted by Crippen LogP contribution is -2.49. The van der Waals surface area contributed by atoms with Crippen LogP contribution >= 0.6 is 0 Å². The van der Waals surface area contributed by atoms with Gasteiger partial charge in [0, 0.05) is 24.1 Å². The van der Waals surface area contributed by atoms with E-state index in [-0.39, 0.29) is 12.1 Å². The molecule has 0 bridgehead atoms. The fourth-order valence-corrected chi connectivity index (χ4v) is 2.49. The van der Waals surface area contributed by atoms with Crippen LogP contribution in [0.15, 0.2) is 24.3 Å². The van der Waals surface area contributed by atoms with Crippen LogP contribution in [-0.4, -0.2) is 24.9 Å². The van der Waals surface area contributed by atoms with Gasteiger partial charge < -0.3 is 15.6 Å². The topological polar surface area (TPSA) is 55.5 Å². The highest BCUT2D eigenvalue weighted by molar-refractivity contribution is 5.27. The average Bonchev–Trinajstić information content (AvgIpc) is 2.79. The van der Waals surface area contributed by atoms with Gasteiger partial charge in [0.25, 0.3) is 0 Å². The Morgan fingerprint density at radius 1 is 1.53 bits per heavy atom. The summed E-state index contributed by atoms with van der Waals surface area (Å²) >= 11 is 0. The molecule has 0 amide bonds. The standard InChI is InChI=1S/C13H18FNO2/c1-12(16,10-4-2-3-5-11(10)14)13(8-15)6-7-17-9-13/h2-5,16H,6-9,15H2,1H3. The predicted octanol–water partition coefficient (Wildman–Crippen LogP) is 1.40. The van der Waals surface area contributed by atoms with Gasteiger partial charge in [-0.1, -0.05) is 18.2 Å². The van der Waals surface area contributed by atoms with E-state index in [0.717, 1.165) is 0 Å². The number of benzene rings is 1. The van der Waals surface area contributed by atoms with Gasteiger partial charge in [0.1, 0.15) is 5.82 Å². The molecule has 2 rings (SSSR count). The summed E-state index contributed by atoms with van der Waals surface area (Å²) in [5.74, 6) is -0.405. The Kier molecular flexibility index (Phi) is 3.21. The monoisotopic (exact) mass is 239 g/mol. The molecule has 1 saturated heterocycles. The lowest BCUT2D eigenvalue weighted by molar-refractivity contribution is -0.0769. The molecular formula is C13H18FNO2. The Morgan fingerprint density at radius 3 is 2.76 bits per heavy atom. The Balaban J connectivity index is 2.45. The molecular weight excluding hydrogens is 221 g/mol. The maximum absolute atomic E-state index is 13.8. The molecule has 0 aromatic heterocycles. The van der Waals surface area contributed by atoms with Crippen molar-refractivity contribution in [3.05, 3.63) is 35.6 Å². The number of hydrogen-bond acceptors (Lipinski definition) is 3. The van der Waals surface area contributed by atoms with Crippen molar-refractivity contribution in [1.29, 1.82) is 0 Å². The van der Waals surface area contributed by atoms with Crippen LogP contribution in [0.3, 0.4) is 0 Å². The van der Waals surface area contributed by atoms with E-state index in [4.69, 9.17) is 10.5 Å². The predicted molar refractivity (Wildman–Crippen MR) is 62.9 cm³/mol. The fraction of sp³-hybridized carbons (Fsp3) is 0.538. The third-order valence-corrected chi connectivity index (χ3v) is 3.93. The van der Waals surface area contributed by atoms with Crippen LogP contribution in [0.4, 0.5) is 4.39 Å². The number of hydrogen-bond donors (Lipinski definition) is 2. The van der Waals surface area contributed by atoms with E-state index in [1.165, 1.54) is 6.07 Å². The van der Waals surface area contributed by atoms with Crippen LogP contribution in [0.5, 0.6) is 0 Å². The summed E-state index contributed by atoms with van der Waals surface area (Å²) in [5.41, 5.74) is 4.15. The fourth-order valence-electron chi connectivity index (χ4n) is 2.49. The molecule has 4 heteroatoms. The van der Waals surface area contributed by atoms with Gasteiger partial charge in [0.2, 0.25) is 0 Å². The van der Waals surface area contributed by atoms with Crippen molar-refractivity contribution in [3.8, 4) is 0 Å². The minimum atomic E-state index is -1.32. The number of rotatable bonds is 3. The molecule has 2 atom stereocenters. The summed E-state index contributed by atoms with van der Waals surface area (Å²) in [6, 6.07) is 6.27. The van der Waals surface area contributed by atoms with E-state index in [1.54, 1.807) is 25.1 Å². The van der Waals surface area contributed by atoms with E-state index in [0.29, 0.717) is 19.6 Å². The van der Waals surface area contributed by atoms with Gasteiger partial charge in [-0.2, -0.15) is 0 Å². The molecule has 94 valence electrons. The molecule has 1 fully saturated rings. The summed E-state index contributed by atoms with van der Waals surface area (Å²) in [5, 5.41) is 10.7. The summed E-state index contributed by atoms with van der Waals surface area (Å²) in [6.07, 6.45) is 0.644. The highest BCUT2D eigenvalue weighted by atomic mass is 19.1. The lowest BCUT2D eigenvalue weighted by Gasteiger charge is -2.41. The molecule has 3 nitrogen and oxygen atoms in total. The first-order valence-corrected chi connectivity index (χ1v) is 5.79. The van der Waals surface area contributed by atoms with Crippen LogP contribution in [-0.2, 0) is 10.3 Å². The SMILES string of the molecule is CC(O)(c1ccccc1F)C1(CN)CCOC1. The third-order valence-electron chi connectivity index (χ3n) is 3.93. The first-order chi connectivity index (χ1) is 8.03. The third kappa shape index (κ3) is 1.86. The van der Waals surface area contributed by atoms with Gasteiger partial charge in [-0.3, -0.25) is 0 Å². The zero-order valence-corrected chi connectivity index (χ0v) is 9.95. The van der Waals surface area contributed by atoms with Gasteiger partial charge in [-0.05, 0) is 19.4 Å². The molecule has 1 aromatic rings. The van der Waals surface area contributed by atoms with Crippen molar-refractivity contribution < 1.29 is 14.2 Å². The van der Waals surface area contributed by atoms with Crippen molar-refractivity contribution in [2.45, 2.75) is 18.9 Å². The smallest absolute Gasteiger partial charge is 0.129 e. The Hall–Kier alpha value is -0.970. The number of halogens is 1.